The largest absolute Gasteiger partial charge is 0.382 e. The number of nitrogen functional groups attached to an aromatic ring is 1. The molecule has 0 spiro atoms. The van der Waals surface area contributed by atoms with Gasteiger partial charge in [-0.05, 0) is 12.1 Å². The highest BCUT2D eigenvalue weighted by Crippen LogP contribution is 2.20. The van der Waals surface area contributed by atoms with Crippen LogP contribution in [0.25, 0.3) is 5.69 Å². The van der Waals surface area contributed by atoms with Gasteiger partial charge < -0.3 is 5.73 Å². The maximum absolute atomic E-state index is 13.6. The molecule has 0 fully saturated rings. The van der Waals surface area contributed by atoms with E-state index in [1.807, 2.05) is 0 Å². The second-order valence-corrected chi connectivity index (χ2v) is 5.51. The van der Waals surface area contributed by atoms with E-state index in [0.717, 1.165) is 10.9 Å². The molecule has 0 aliphatic rings. The first-order valence-electron chi connectivity index (χ1n) is 4.70. The van der Waals surface area contributed by atoms with E-state index in [0.29, 0.717) is 0 Å². The number of halogens is 1. The zero-order valence-corrected chi connectivity index (χ0v) is 9.78. The summed E-state index contributed by atoms with van der Waals surface area (Å²) in [5.41, 5.74) is 5.49. The number of nitrogens with zero attached hydrogens (tertiary/aromatic N) is 2. The van der Waals surface area contributed by atoms with Gasteiger partial charge in [-0.3, -0.25) is 0 Å². The molecule has 1 aromatic carbocycles. The highest BCUT2D eigenvalue weighted by atomic mass is 32.2. The summed E-state index contributed by atoms with van der Waals surface area (Å²) in [6.45, 7) is 0. The van der Waals surface area contributed by atoms with Gasteiger partial charge in [0.1, 0.15) is 17.3 Å². The zero-order valence-electron chi connectivity index (χ0n) is 8.96. The monoisotopic (exact) mass is 255 g/mol. The van der Waals surface area contributed by atoms with Crippen LogP contribution in [-0.4, -0.2) is 24.5 Å². The van der Waals surface area contributed by atoms with E-state index in [4.69, 9.17) is 5.73 Å². The summed E-state index contributed by atoms with van der Waals surface area (Å²) in [7, 11) is -3.52. The van der Waals surface area contributed by atoms with Crippen molar-refractivity contribution in [2.75, 3.05) is 12.0 Å². The van der Waals surface area contributed by atoms with Crippen LogP contribution < -0.4 is 5.73 Å². The molecule has 0 amide bonds. The molecule has 2 rings (SSSR count). The van der Waals surface area contributed by atoms with Crippen LogP contribution >= 0.6 is 0 Å². The molecule has 1 heterocycles. The molecule has 0 unspecified atom stereocenters. The maximum Gasteiger partial charge on any atom is 0.192 e. The first kappa shape index (κ1) is 11.6. The van der Waals surface area contributed by atoms with Crippen molar-refractivity contribution in [1.29, 1.82) is 0 Å². The average molecular weight is 255 g/mol. The van der Waals surface area contributed by atoms with Crippen molar-refractivity contribution in [2.24, 2.45) is 0 Å². The predicted molar refractivity (Wildman–Crippen MR) is 61.0 cm³/mol. The minimum Gasteiger partial charge on any atom is -0.382 e. The number of anilines is 1. The molecule has 2 aromatic rings. The van der Waals surface area contributed by atoms with Gasteiger partial charge in [-0.15, -0.1) is 5.10 Å². The number of aromatic nitrogens is 2. The lowest BCUT2D eigenvalue weighted by Gasteiger charge is -2.06. The van der Waals surface area contributed by atoms with Gasteiger partial charge in [0, 0.05) is 12.3 Å². The third-order valence-corrected chi connectivity index (χ3v) is 3.21. The Morgan fingerprint density at radius 3 is 2.59 bits per heavy atom. The Hall–Kier alpha value is -1.89. The van der Waals surface area contributed by atoms with Gasteiger partial charge in [0.2, 0.25) is 0 Å². The van der Waals surface area contributed by atoms with Gasteiger partial charge in [-0.1, -0.05) is 12.1 Å². The Labute approximate surface area is 97.6 Å². The molecule has 0 saturated heterocycles. The van der Waals surface area contributed by atoms with Crippen molar-refractivity contribution in [3.05, 3.63) is 36.1 Å². The van der Waals surface area contributed by atoms with Gasteiger partial charge in [-0.2, -0.15) is 0 Å². The summed E-state index contributed by atoms with van der Waals surface area (Å²) in [4.78, 5) is 0. The number of hydrogen-bond acceptors (Lipinski definition) is 4. The van der Waals surface area contributed by atoms with E-state index in [-0.39, 0.29) is 16.5 Å². The van der Waals surface area contributed by atoms with Crippen molar-refractivity contribution >= 4 is 15.7 Å². The molecule has 1 aromatic heterocycles. The Kier molecular flexibility index (Phi) is 2.62. The molecule has 0 aliphatic carbocycles. The van der Waals surface area contributed by atoms with Crippen LogP contribution in [0.4, 0.5) is 10.2 Å². The fourth-order valence-corrected chi connectivity index (χ4v) is 2.23. The van der Waals surface area contributed by atoms with Gasteiger partial charge in [-0.25, -0.2) is 17.5 Å². The van der Waals surface area contributed by atoms with Crippen LogP contribution in [0.2, 0.25) is 0 Å². The molecule has 0 aliphatic heterocycles. The Morgan fingerprint density at radius 2 is 2.00 bits per heavy atom. The number of rotatable bonds is 2. The highest BCUT2D eigenvalue weighted by Gasteiger charge is 2.19. The van der Waals surface area contributed by atoms with Crippen LogP contribution in [0.15, 0.2) is 35.4 Å². The van der Waals surface area contributed by atoms with E-state index in [1.165, 1.54) is 24.3 Å². The summed E-state index contributed by atoms with van der Waals surface area (Å²) < 4.78 is 37.6. The van der Waals surface area contributed by atoms with Gasteiger partial charge in [0.15, 0.2) is 14.9 Å². The lowest BCUT2D eigenvalue weighted by atomic mass is 10.3. The summed E-state index contributed by atoms with van der Waals surface area (Å²) in [5, 5.41) is 3.64. The second kappa shape index (κ2) is 3.85. The minimum absolute atomic E-state index is 0.0219. The van der Waals surface area contributed by atoms with Crippen molar-refractivity contribution in [3.8, 4) is 5.69 Å². The molecule has 0 saturated carbocycles. The standard InChI is InChI=1S/C10H10FN3O2S/c1-17(15,16)10-6-9(12)13-14(10)8-5-3-2-4-7(8)11/h2-6H,1H3,(H2,12,13). The molecule has 0 atom stereocenters. The molecule has 2 N–H and O–H groups in total. The van der Waals surface area contributed by atoms with E-state index in [9.17, 15) is 12.8 Å². The second-order valence-electron chi connectivity index (χ2n) is 3.54. The van der Waals surface area contributed by atoms with Crippen LogP contribution in [0.5, 0.6) is 0 Å². The van der Waals surface area contributed by atoms with E-state index in [2.05, 4.69) is 5.10 Å². The van der Waals surface area contributed by atoms with E-state index in [1.54, 1.807) is 6.07 Å². The fraction of sp³-hybridized carbons (Fsp3) is 0.100. The summed E-state index contributed by atoms with van der Waals surface area (Å²) in [6.07, 6.45) is 1.01. The smallest absolute Gasteiger partial charge is 0.192 e. The molecule has 17 heavy (non-hydrogen) atoms. The fourth-order valence-electron chi connectivity index (χ4n) is 1.44. The number of benzene rings is 1. The summed E-state index contributed by atoms with van der Waals surface area (Å²) in [6, 6.07) is 6.94. The lowest BCUT2D eigenvalue weighted by Crippen LogP contribution is -2.09. The van der Waals surface area contributed by atoms with Crippen LogP contribution in [0.3, 0.4) is 0 Å². The molecular weight excluding hydrogens is 245 g/mol. The first-order chi connectivity index (χ1) is 7.89. The quantitative estimate of drug-likeness (QED) is 0.868. The summed E-state index contributed by atoms with van der Waals surface area (Å²) in [5.74, 6) is -0.547. The van der Waals surface area contributed by atoms with E-state index < -0.39 is 15.7 Å². The van der Waals surface area contributed by atoms with Crippen LogP contribution in [0, 0.1) is 5.82 Å². The number of nitrogens with two attached hydrogens (primary N) is 1. The van der Waals surface area contributed by atoms with Crippen LogP contribution in [0.1, 0.15) is 0 Å². The molecule has 90 valence electrons. The van der Waals surface area contributed by atoms with Crippen molar-refractivity contribution < 1.29 is 12.8 Å². The van der Waals surface area contributed by atoms with Crippen LogP contribution in [-0.2, 0) is 9.84 Å². The van der Waals surface area contributed by atoms with Crippen molar-refractivity contribution in [3.63, 3.8) is 0 Å². The number of para-hydroxylation sites is 1. The predicted octanol–water partition coefficient (Wildman–Crippen LogP) is 0.997. The SMILES string of the molecule is CS(=O)(=O)c1cc(N)nn1-c1ccccc1F. The summed E-state index contributed by atoms with van der Waals surface area (Å²) >= 11 is 0. The third kappa shape index (κ3) is 2.14. The zero-order chi connectivity index (χ0) is 12.6. The lowest BCUT2D eigenvalue weighted by molar-refractivity contribution is 0.581. The van der Waals surface area contributed by atoms with Crippen molar-refractivity contribution in [2.45, 2.75) is 5.03 Å². The molecular formula is C10H10FN3O2S. The maximum atomic E-state index is 13.6. The van der Waals surface area contributed by atoms with Gasteiger partial charge in [0.05, 0.1) is 0 Å². The molecule has 7 heteroatoms. The molecule has 0 radical (unpaired) electrons. The first-order valence-corrected chi connectivity index (χ1v) is 6.59. The minimum atomic E-state index is -3.52. The Bertz CT molecular complexity index is 664. The van der Waals surface area contributed by atoms with Gasteiger partial charge in [0.25, 0.3) is 0 Å². The normalized spacial score (nSPS) is 11.6. The number of sulfone groups is 1. The van der Waals surface area contributed by atoms with E-state index >= 15 is 0 Å². The average Bonchev–Trinajstić information content (AvgIpc) is 2.60. The third-order valence-electron chi connectivity index (χ3n) is 2.16. The highest BCUT2D eigenvalue weighted by molar-refractivity contribution is 7.90. The number of hydrogen-bond donors (Lipinski definition) is 1. The van der Waals surface area contributed by atoms with Crippen molar-refractivity contribution in [1.82, 2.24) is 9.78 Å². The Morgan fingerprint density at radius 1 is 1.35 bits per heavy atom. The topological polar surface area (TPSA) is 78.0 Å². The Balaban J connectivity index is 2.73. The molecule has 5 nitrogen and oxygen atoms in total. The molecule has 0 bridgehead atoms. The van der Waals surface area contributed by atoms with Gasteiger partial charge >= 0.3 is 0 Å².